The molecular formula is C21H23N5O3. The summed E-state index contributed by atoms with van der Waals surface area (Å²) >= 11 is 0. The summed E-state index contributed by atoms with van der Waals surface area (Å²) in [6.45, 7) is 0.0801. The molecule has 1 aromatic heterocycles. The first kappa shape index (κ1) is 20.2. The van der Waals surface area contributed by atoms with E-state index >= 15 is 0 Å². The third-order valence-corrected chi connectivity index (χ3v) is 4.54. The zero-order chi connectivity index (χ0) is 20.8. The molecule has 0 saturated heterocycles. The Hall–Kier alpha value is -3.55. The Labute approximate surface area is 168 Å². The molecule has 2 aromatic carbocycles. The maximum atomic E-state index is 12.5. The van der Waals surface area contributed by atoms with Crippen molar-refractivity contribution in [3.8, 4) is 0 Å². The maximum Gasteiger partial charge on any atom is 0.277 e. The largest absolute Gasteiger partial charge is 0.347 e. The Morgan fingerprint density at radius 1 is 1.07 bits per heavy atom. The van der Waals surface area contributed by atoms with E-state index in [-0.39, 0.29) is 30.3 Å². The number of amides is 2. The second kappa shape index (κ2) is 9.09. The number of carbonyl (C=O) groups excluding carboxylic acids is 2. The lowest BCUT2D eigenvalue weighted by Crippen LogP contribution is -2.47. The lowest BCUT2D eigenvalue weighted by molar-refractivity contribution is -0.134. The van der Waals surface area contributed by atoms with Gasteiger partial charge in [0.1, 0.15) is 11.6 Å². The van der Waals surface area contributed by atoms with Crippen LogP contribution in [0.25, 0.3) is 10.9 Å². The van der Waals surface area contributed by atoms with Gasteiger partial charge in [0.05, 0.1) is 11.9 Å². The zero-order valence-electron chi connectivity index (χ0n) is 16.4. The second-order valence-corrected chi connectivity index (χ2v) is 6.93. The first-order chi connectivity index (χ1) is 14.0. The van der Waals surface area contributed by atoms with Gasteiger partial charge in [-0.1, -0.05) is 47.7 Å². The number of aryl methyl sites for hydroxylation is 1. The highest BCUT2D eigenvalue weighted by Crippen LogP contribution is 2.06. The number of fused-ring (bicyclic) bond motifs is 1. The van der Waals surface area contributed by atoms with Crippen molar-refractivity contribution in [2.45, 2.75) is 25.4 Å². The first-order valence-electron chi connectivity index (χ1n) is 9.32. The van der Waals surface area contributed by atoms with E-state index in [1.165, 1.54) is 9.58 Å². The Balaban J connectivity index is 1.68. The summed E-state index contributed by atoms with van der Waals surface area (Å²) in [5, 5.41) is 11.1. The molecule has 150 valence electrons. The SMILES string of the molecule is CN(C)C(=O)C(Cc1ccccc1)NC(=O)CCn1nnc2ccccc2c1=O. The smallest absolute Gasteiger partial charge is 0.277 e. The average Bonchev–Trinajstić information content (AvgIpc) is 2.73. The number of rotatable bonds is 7. The highest BCUT2D eigenvalue weighted by molar-refractivity contribution is 5.87. The molecule has 2 amide bonds. The van der Waals surface area contributed by atoms with Gasteiger partial charge in [0, 0.05) is 26.9 Å². The van der Waals surface area contributed by atoms with Crippen LogP contribution in [0.3, 0.4) is 0 Å². The molecule has 1 unspecified atom stereocenters. The molecule has 0 fully saturated rings. The number of likely N-dealkylation sites (N-methyl/N-ethyl adjacent to an activating group) is 1. The van der Waals surface area contributed by atoms with Crippen molar-refractivity contribution in [1.29, 1.82) is 0 Å². The highest BCUT2D eigenvalue weighted by atomic mass is 16.2. The van der Waals surface area contributed by atoms with Crippen molar-refractivity contribution in [1.82, 2.24) is 25.2 Å². The fourth-order valence-electron chi connectivity index (χ4n) is 3.01. The van der Waals surface area contributed by atoms with E-state index in [0.29, 0.717) is 17.3 Å². The Morgan fingerprint density at radius 3 is 2.48 bits per heavy atom. The van der Waals surface area contributed by atoms with Crippen LogP contribution in [-0.4, -0.2) is 51.8 Å². The van der Waals surface area contributed by atoms with E-state index in [2.05, 4.69) is 15.6 Å². The molecule has 1 heterocycles. The van der Waals surface area contributed by atoms with Gasteiger partial charge in [0.15, 0.2) is 0 Å². The predicted molar refractivity (Wildman–Crippen MR) is 109 cm³/mol. The summed E-state index contributed by atoms with van der Waals surface area (Å²) in [7, 11) is 3.30. The van der Waals surface area contributed by atoms with E-state index in [4.69, 9.17) is 0 Å². The van der Waals surface area contributed by atoms with Gasteiger partial charge >= 0.3 is 0 Å². The Morgan fingerprint density at radius 2 is 1.76 bits per heavy atom. The van der Waals surface area contributed by atoms with Crippen LogP contribution in [0.5, 0.6) is 0 Å². The van der Waals surface area contributed by atoms with Gasteiger partial charge in [-0.25, -0.2) is 4.68 Å². The third kappa shape index (κ3) is 5.04. The van der Waals surface area contributed by atoms with Crippen LogP contribution in [-0.2, 0) is 22.6 Å². The number of hydrogen-bond donors (Lipinski definition) is 1. The van der Waals surface area contributed by atoms with Gasteiger partial charge in [-0.05, 0) is 17.7 Å². The molecule has 1 N–H and O–H groups in total. The fraction of sp³-hybridized carbons (Fsp3) is 0.286. The number of benzene rings is 2. The van der Waals surface area contributed by atoms with Gasteiger partial charge in [-0.15, -0.1) is 5.10 Å². The summed E-state index contributed by atoms with van der Waals surface area (Å²) in [6.07, 6.45) is 0.401. The first-order valence-corrected chi connectivity index (χ1v) is 9.32. The normalized spacial score (nSPS) is 11.8. The summed E-state index contributed by atoms with van der Waals surface area (Å²) < 4.78 is 1.17. The van der Waals surface area contributed by atoms with E-state index in [1.54, 1.807) is 38.4 Å². The van der Waals surface area contributed by atoms with Crippen molar-refractivity contribution in [2.75, 3.05) is 14.1 Å². The van der Waals surface area contributed by atoms with Gasteiger partial charge in [0.25, 0.3) is 5.56 Å². The zero-order valence-corrected chi connectivity index (χ0v) is 16.4. The number of hydrogen-bond acceptors (Lipinski definition) is 5. The van der Waals surface area contributed by atoms with Crippen LogP contribution < -0.4 is 10.9 Å². The molecule has 0 spiro atoms. The minimum atomic E-state index is -0.681. The molecule has 0 aliphatic rings. The van der Waals surface area contributed by atoms with Gasteiger partial charge < -0.3 is 10.2 Å². The topological polar surface area (TPSA) is 97.2 Å². The third-order valence-electron chi connectivity index (χ3n) is 4.54. The number of nitrogens with one attached hydrogen (secondary N) is 1. The highest BCUT2D eigenvalue weighted by Gasteiger charge is 2.22. The molecule has 0 aliphatic carbocycles. The van der Waals surface area contributed by atoms with E-state index < -0.39 is 6.04 Å². The van der Waals surface area contributed by atoms with E-state index in [9.17, 15) is 14.4 Å². The van der Waals surface area contributed by atoms with Gasteiger partial charge in [-0.2, -0.15) is 0 Å². The van der Waals surface area contributed by atoms with Crippen molar-refractivity contribution in [3.05, 3.63) is 70.5 Å². The van der Waals surface area contributed by atoms with Crippen LogP contribution >= 0.6 is 0 Å². The van der Waals surface area contributed by atoms with Crippen molar-refractivity contribution < 1.29 is 9.59 Å². The van der Waals surface area contributed by atoms with E-state index in [1.807, 2.05) is 30.3 Å². The summed E-state index contributed by atoms with van der Waals surface area (Å²) in [5.41, 5.74) is 1.16. The quantitative estimate of drug-likeness (QED) is 0.646. The van der Waals surface area contributed by atoms with E-state index in [0.717, 1.165) is 5.56 Å². The molecule has 8 heteroatoms. The minimum absolute atomic E-state index is 0.0128. The van der Waals surface area contributed by atoms with Gasteiger partial charge in [-0.3, -0.25) is 14.4 Å². The van der Waals surface area contributed by atoms with Crippen molar-refractivity contribution in [3.63, 3.8) is 0 Å². The molecule has 3 aromatic rings. The summed E-state index contributed by atoms with van der Waals surface area (Å²) in [6, 6.07) is 15.7. The molecule has 3 rings (SSSR count). The van der Waals surface area contributed by atoms with Crippen LogP contribution in [0.1, 0.15) is 12.0 Å². The molecule has 29 heavy (non-hydrogen) atoms. The summed E-state index contributed by atoms with van der Waals surface area (Å²) in [4.78, 5) is 38.9. The fourth-order valence-corrected chi connectivity index (χ4v) is 3.01. The van der Waals surface area contributed by atoms with Crippen LogP contribution in [0.15, 0.2) is 59.4 Å². The molecule has 0 saturated carbocycles. The number of nitrogens with zero attached hydrogens (tertiary/aromatic N) is 4. The molecule has 0 bridgehead atoms. The van der Waals surface area contributed by atoms with Crippen LogP contribution in [0.4, 0.5) is 0 Å². The molecule has 8 nitrogen and oxygen atoms in total. The lowest BCUT2D eigenvalue weighted by Gasteiger charge is -2.22. The molecule has 1 atom stereocenters. The monoisotopic (exact) mass is 393 g/mol. The van der Waals surface area contributed by atoms with Crippen LogP contribution in [0.2, 0.25) is 0 Å². The lowest BCUT2D eigenvalue weighted by atomic mass is 10.0. The Bertz CT molecular complexity index is 1060. The minimum Gasteiger partial charge on any atom is -0.347 e. The number of aromatic nitrogens is 3. The Kier molecular flexibility index (Phi) is 6.33. The second-order valence-electron chi connectivity index (χ2n) is 6.93. The molecular weight excluding hydrogens is 370 g/mol. The number of carbonyl (C=O) groups is 2. The standard InChI is InChI=1S/C21H23N5O3/c1-25(2)21(29)18(14-15-8-4-3-5-9-15)22-19(27)12-13-26-20(28)16-10-6-7-11-17(16)23-24-26/h3-11,18H,12-14H2,1-2H3,(H,22,27). The van der Waals surface area contributed by atoms with Gasteiger partial charge in [0.2, 0.25) is 11.8 Å². The maximum absolute atomic E-state index is 12.5. The van der Waals surface area contributed by atoms with Crippen LogP contribution in [0, 0.1) is 0 Å². The van der Waals surface area contributed by atoms with Crippen molar-refractivity contribution >= 4 is 22.7 Å². The van der Waals surface area contributed by atoms with Crippen molar-refractivity contribution in [2.24, 2.45) is 0 Å². The molecule has 0 radical (unpaired) electrons. The predicted octanol–water partition coefficient (Wildman–Crippen LogP) is 0.997. The average molecular weight is 393 g/mol. The molecule has 0 aliphatic heterocycles. The summed E-state index contributed by atoms with van der Waals surface area (Å²) in [5.74, 6) is -0.521.